The van der Waals surface area contributed by atoms with E-state index in [0.717, 1.165) is 5.32 Å². The van der Waals surface area contributed by atoms with Crippen molar-refractivity contribution in [3.8, 4) is 6.07 Å². The summed E-state index contributed by atoms with van der Waals surface area (Å²) < 4.78 is 71.2. The number of nitriles is 1. The molecule has 0 fully saturated rings. The van der Waals surface area contributed by atoms with Gasteiger partial charge in [0, 0.05) is 0 Å². The average Bonchev–Trinajstić information content (AvgIpc) is 1.84. The van der Waals surface area contributed by atoms with Crippen LogP contribution in [0.1, 0.15) is 0 Å². The van der Waals surface area contributed by atoms with Crippen molar-refractivity contribution in [2.75, 3.05) is 7.05 Å². The second kappa shape index (κ2) is 3.06. The minimum Gasteiger partial charge on any atom is -0.287 e. The summed E-state index contributed by atoms with van der Waals surface area (Å²) in [6.07, 6.45) is -11.4. The summed E-state index contributed by atoms with van der Waals surface area (Å²) in [5, 5.41) is 8.83. The van der Waals surface area contributed by atoms with Crippen molar-refractivity contribution in [1.82, 2.24) is 5.32 Å². The monoisotopic (exact) mass is 206 g/mol. The molecular formula is C5H4F6N2. The third-order valence-electron chi connectivity index (χ3n) is 1.39. The molecule has 1 N–H and O–H groups in total. The van der Waals surface area contributed by atoms with Gasteiger partial charge in [0.05, 0.1) is 0 Å². The summed E-state index contributed by atoms with van der Waals surface area (Å²) in [7, 11) is 0.421. The molecule has 0 aliphatic rings. The van der Waals surface area contributed by atoms with Crippen molar-refractivity contribution >= 4 is 0 Å². The number of hydrogen-bond acceptors (Lipinski definition) is 2. The summed E-state index contributed by atoms with van der Waals surface area (Å²) in [5.41, 5.74) is -4.49. The van der Waals surface area contributed by atoms with Gasteiger partial charge in [-0.05, 0) is 7.05 Å². The van der Waals surface area contributed by atoms with Crippen molar-refractivity contribution < 1.29 is 26.3 Å². The molecular weight excluding hydrogens is 202 g/mol. The highest BCUT2D eigenvalue weighted by molar-refractivity contribution is 5.16. The van der Waals surface area contributed by atoms with Crippen LogP contribution in [0.2, 0.25) is 0 Å². The summed E-state index contributed by atoms with van der Waals surface area (Å²) in [6.45, 7) is 0. The fraction of sp³-hybridized carbons (Fsp3) is 0.800. The Balaban J connectivity index is 5.35. The van der Waals surface area contributed by atoms with Gasteiger partial charge in [0.1, 0.15) is 6.07 Å². The molecule has 76 valence electrons. The van der Waals surface area contributed by atoms with E-state index in [2.05, 4.69) is 0 Å². The molecule has 0 heterocycles. The van der Waals surface area contributed by atoms with Crippen molar-refractivity contribution in [3.05, 3.63) is 0 Å². The molecule has 13 heavy (non-hydrogen) atoms. The third-order valence-corrected chi connectivity index (χ3v) is 1.39. The molecule has 0 aromatic heterocycles. The molecule has 0 bridgehead atoms. The molecule has 0 aliphatic carbocycles. The third kappa shape index (κ3) is 1.70. The number of nitrogens with zero attached hydrogens (tertiary/aromatic N) is 1. The summed E-state index contributed by atoms with van der Waals surface area (Å²) in [4.78, 5) is 0. The molecule has 0 amide bonds. The van der Waals surface area contributed by atoms with E-state index in [0.29, 0.717) is 7.05 Å². The molecule has 0 aromatic rings. The SMILES string of the molecule is CNC(C#N)(C(F)(F)F)C(F)(F)F. The van der Waals surface area contributed by atoms with Gasteiger partial charge >= 0.3 is 12.4 Å². The zero-order valence-electron chi connectivity index (χ0n) is 6.22. The van der Waals surface area contributed by atoms with E-state index in [1.807, 2.05) is 0 Å². The summed E-state index contributed by atoms with van der Waals surface area (Å²) in [5.74, 6) is 0. The van der Waals surface area contributed by atoms with E-state index in [-0.39, 0.29) is 6.07 Å². The molecule has 0 aliphatic heterocycles. The van der Waals surface area contributed by atoms with Crippen LogP contribution in [-0.2, 0) is 0 Å². The Bertz CT molecular complexity index is 207. The zero-order valence-corrected chi connectivity index (χ0v) is 6.22. The lowest BCUT2D eigenvalue weighted by Gasteiger charge is -2.30. The first-order valence-corrected chi connectivity index (χ1v) is 2.86. The molecule has 0 atom stereocenters. The van der Waals surface area contributed by atoms with Crippen LogP contribution in [0.25, 0.3) is 0 Å². The maximum atomic E-state index is 11.9. The first kappa shape index (κ1) is 12.0. The van der Waals surface area contributed by atoms with E-state index in [1.165, 1.54) is 0 Å². The Morgan fingerprint density at radius 1 is 1.00 bits per heavy atom. The van der Waals surface area contributed by atoms with E-state index in [4.69, 9.17) is 5.26 Å². The van der Waals surface area contributed by atoms with Gasteiger partial charge in [-0.1, -0.05) is 0 Å². The molecule has 0 radical (unpaired) electrons. The fourth-order valence-corrected chi connectivity index (χ4v) is 0.627. The Labute approximate surface area is 69.1 Å². The molecule has 0 saturated carbocycles. The molecule has 0 saturated heterocycles. The zero-order chi connectivity index (χ0) is 10.9. The topological polar surface area (TPSA) is 35.8 Å². The normalized spacial score (nSPS) is 14.0. The van der Waals surface area contributed by atoms with Gasteiger partial charge in [-0.2, -0.15) is 31.6 Å². The van der Waals surface area contributed by atoms with E-state index >= 15 is 0 Å². The van der Waals surface area contributed by atoms with Crippen LogP contribution in [0, 0.1) is 11.3 Å². The van der Waals surface area contributed by atoms with Crippen LogP contribution in [0.15, 0.2) is 0 Å². The number of rotatable bonds is 1. The van der Waals surface area contributed by atoms with Crippen LogP contribution < -0.4 is 5.32 Å². The lowest BCUT2D eigenvalue weighted by atomic mass is 10.0. The highest BCUT2D eigenvalue weighted by atomic mass is 19.4. The van der Waals surface area contributed by atoms with Crippen LogP contribution in [-0.4, -0.2) is 24.9 Å². The number of hydrogen-bond donors (Lipinski definition) is 1. The van der Waals surface area contributed by atoms with Crippen molar-refractivity contribution in [1.29, 1.82) is 5.26 Å². The highest BCUT2D eigenvalue weighted by Gasteiger charge is 2.71. The Hall–Kier alpha value is -0.970. The van der Waals surface area contributed by atoms with Crippen molar-refractivity contribution in [2.45, 2.75) is 17.9 Å². The quantitative estimate of drug-likeness (QED) is 0.661. The average molecular weight is 206 g/mol. The first-order chi connectivity index (χ1) is 5.62. The Kier molecular flexibility index (Phi) is 2.84. The predicted molar refractivity (Wildman–Crippen MR) is 29.5 cm³/mol. The predicted octanol–water partition coefficient (Wildman–Crippen LogP) is 1.59. The lowest BCUT2D eigenvalue weighted by molar-refractivity contribution is -0.285. The van der Waals surface area contributed by atoms with Gasteiger partial charge in [0.25, 0.3) is 5.54 Å². The standard InChI is InChI=1S/C5H4F6N2/c1-13-3(2-12,4(6,7)8)5(9,10)11/h13H,1H3. The summed E-state index contributed by atoms with van der Waals surface area (Å²) >= 11 is 0. The Morgan fingerprint density at radius 3 is 1.31 bits per heavy atom. The lowest BCUT2D eigenvalue weighted by Crippen LogP contribution is -2.64. The van der Waals surface area contributed by atoms with E-state index in [9.17, 15) is 26.3 Å². The van der Waals surface area contributed by atoms with Crippen LogP contribution in [0.5, 0.6) is 0 Å². The molecule has 0 unspecified atom stereocenters. The maximum absolute atomic E-state index is 11.9. The molecule has 0 spiro atoms. The van der Waals surface area contributed by atoms with Crippen molar-refractivity contribution in [3.63, 3.8) is 0 Å². The van der Waals surface area contributed by atoms with Crippen LogP contribution in [0.4, 0.5) is 26.3 Å². The van der Waals surface area contributed by atoms with E-state index in [1.54, 1.807) is 0 Å². The molecule has 2 nitrogen and oxygen atoms in total. The van der Waals surface area contributed by atoms with E-state index < -0.39 is 17.9 Å². The number of nitrogens with one attached hydrogen (secondary N) is 1. The fourth-order valence-electron chi connectivity index (χ4n) is 0.627. The molecule has 8 heteroatoms. The van der Waals surface area contributed by atoms with Gasteiger partial charge in [-0.3, -0.25) is 5.32 Å². The Morgan fingerprint density at radius 2 is 1.31 bits per heavy atom. The summed E-state index contributed by atoms with van der Waals surface area (Å²) in [6, 6.07) is 0.184. The second-order valence-electron chi connectivity index (χ2n) is 2.11. The smallest absolute Gasteiger partial charge is 0.287 e. The van der Waals surface area contributed by atoms with Gasteiger partial charge in [0.15, 0.2) is 0 Å². The maximum Gasteiger partial charge on any atom is 0.429 e. The van der Waals surface area contributed by atoms with Crippen LogP contribution >= 0.6 is 0 Å². The minimum atomic E-state index is -5.70. The largest absolute Gasteiger partial charge is 0.429 e. The second-order valence-corrected chi connectivity index (χ2v) is 2.11. The minimum absolute atomic E-state index is 0.184. The first-order valence-electron chi connectivity index (χ1n) is 2.86. The van der Waals surface area contributed by atoms with Gasteiger partial charge < -0.3 is 0 Å². The number of halogens is 6. The van der Waals surface area contributed by atoms with Crippen LogP contribution in [0.3, 0.4) is 0 Å². The molecule has 0 rings (SSSR count). The number of alkyl halides is 6. The van der Waals surface area contributed by atoms with Gasteiger partial charge in [-0.25, -0.2) is 0 Å². The van der Waals surface area contributed by atoms with Crippen molar-refractivity contribution in [2.24, 2.45) is 0 Å². The van der Waals surface area contributed by atoms with Gasteiger partial charge in [0.2, 0.25) is 0 Å². The molecule has 0 aromatic carbocycles. The highest BCUT2D eigenvalue weighted by Crippen LogP contribution is 2.42. The van der Waals surface area contributed by atoms with Gasteiger partial charge in [-0.15, -0.1) is 0 Å².